The van der Waals surface area contributed by atoms with Gasteiger partial charge >= 0.3 is 6.18 Å². The van der Waals surface area contributed by atoms with Crippen LogP contribution in [0.25, 0.3) is 0 Å². The molecule has 23 heavy (non-hydrogen) atoms. The Morgan fingerprint density at radius 3 is 2.91 bits per heavy atom. The molecule has 2 heterocycles. The van der Waals surface area contributed by atoms with E-state index in [0.717, 1.165) is 12.3 Å². The van der Waals surface area contributed by atoms with Gasteiger partial charge < -0.3 is 15.0 Å². The van der Waals surface area contributed by atoms with Crippen molar-refractivity contribution in [1.82, 2.24) is 4.98 Å². The number of nitrogens with zero attached hydrogens (tertiary/aromatic N) is 3. The zero-order valence-corrected chi connectivity index (χ0v) is 13.1. The maximum Gasteiger partial charge on any atom is 0.417 e. The van der Waals surface area contributed by atoms with Crippen molar-refractivity contribution in [3.8, 4) is 0 Å². The summed E-state index contributed by atoms with van der Waals surface area (Å²) in [7, 11) is 1.43. The smallest absolute Gasteiger partial charge is 0.399 e. The molecule has 1 N–H and O–H groups in total. The van der Waals surface area contributed by atoms with Crippen LogP contribution in [0.3, 0.4) is 0 Å². The SMILES string of the molecule is CO/N=C(/C)C1=NO[C@@H](CNc2ncc(C(F)(F)F)cc2Cl)C1. The van der Waals surface area contributed by atoms with Gasteiger partial charge in [-0.3, -0.25) is 0 Å². The quantitative estimate of drug-likeness (QED) is 0.653. The Morgan fingerprint density at radius 1 is 1.57 bits per heavy atom. The fourth-order valence-corrected chi connectivity index (χ4v) is 2.11. The molecule has 126 valence electrons. The molecule has 1 aliphatic heterocycles. The standard InChI is InChI=1S/C13H14ClF3N4O2/c1-7(20-22-2)11-4-9(23-21-11)6-19-12-10(14)3-8(5-18-12)13(15,16)17/h3,5,9H,4,6H2,1-2H3,(H,18,19)/b20-7-/t9-/m1/s1. The molecular formula is C13H14ClF3N4O2. The number of rotatable bonds is 5. The summed E-state index contributed by atoms with van der Waals surface area (Å²) < 4.78 is 37.6. The van der Waals surface area contributed by atoms with Gasteiger partial charge in [0.15, 0.2) is 0 Å². The second-order valence-electron chi connectivity index (χ2n) is 4.76. The summed E-state index contributed by atoms with van der Waals surface area (Å²) in [5, 5.41) is 10.4. The molecule has 1 aromatic rings. The van der Waals surface area contributed by atoms with Gasteiger partial charge in [-0.05, 0) is 13.0 Å². The minimum absolute atomic E-state index is 0.115. The highest BCUT2D eigenvalue weighted by molar-refractivity contribution is 6.41. The Morgan fingerprint density at radius 2 is 2.30 bits per heavy atom. The van der Waals surface area contributed by atoms with E-state index in [1.807, 2.05) is 0 Å². The van der Waals surface area contributed by atoms with Crippen molar-refractivity contribution in [1.29, 1.82) is 0 Å². The molecule has 1 aromatic heterocycles. The van der Waals surface area contributed by atoms with Crippen molar-refractivity contribution in [2.24, 2.45) is 10.3 Å². The van der Waals surface area contributed by atoms with Gasteiger partial charge in [-0.15, -0.1) is 0 Å². The van der Waals surface area contributed by atoms with Crippen molar-refractivity contribution in [3.63, 3.8) is 0 Å². The van der Waals surface area contributed by atoms with Gasteiger partial charge in [0.25, 0.3) is 0 Å². The lowest BCUT2D eigenvalue weighted by Gasteiger charge is -2.13. The predicted molar refractivity (Wildman–Crippen MR) is 79.8 cm³/mol. The lowest BCUT2D eigenvalue weighted by Crippen LogP contribution is -2.22. The number of hydrogen-bond acceptors (Lipinski definition) is 6. The molecule has 2 rings (SSSR count). The molecule has 0 radical (unpaired) electrons. The van der Waals surface area contributed by atoms with Crippen molar-refractivity contribution in [2.75, 3.05) is 19.0 Å². The van der Waals surface area contributed by atoms with Gasteiger partial charge in [0.05, 0.1) is 17.1 Å². The van der Waals surface area contributed by atoms with Crippen LogP contribution in [0.4, 0.5) is 19.0 Å². The first-order valence-corrected chi connectivity index (χ1v) is 6.96. The Balaban J connectivity index is 1.92. The van der Waals surface area contributed by atoms with Crippen LogP contribution in [-0.2, 0) is 15.9 Å². The largest absolute Gasteiger partial charge is 0.417 e. The third-order valence-corrected chi connectivity index (χ3v) is 3.33. The van der Waals surface area contributed by atoms with E-state index < -0.39 is 11.7 Å². The average Bonchev–Trinajstić information content (AvgIpc) is 2.94. The number of hydrogen-bond donors (Lipinski definition) is 1. The molecule has 0 saturated carbocycles. The molecule has 0 saturated heterocycles. The molecule has 1 atom stereocenters. The van der Waals surface area contributed by atoms with Gasteiger partial charge in [-0.2, -0.15) is 13.2 Å². The molecule has 0 fully saturated rings. The summed E-state index contributed by atoms with van der Waals surface area (Å²) >= 11 is 5.81. The van der Waals surface area contributed by atoms with Gasteiger partial charge in [0.2, 0.25) is 0 Å². The fraction of sp³-hybridized carbons (Fsp3) is 0.462. The van der Waals surface area contributed by atoms with E-state index in [4.69, 9.17) is 16.4 Å². The lowest BCUT2D eigenvalue weighted by atomic mass is 10.1. The molecule has 0 spiro atoms. The molecule has 0 aromatic carbocycles. The zero-order valence-electron chi connectivity index (χ0n) is 12.3. The fourth-order valence-electron chi connectivity index (χ4n) is 1.87. The lowest BCUT2D eigenvalue weighted by molar-refractivity contribution is -0.137. The summed E-state index contributed by atoms with van der Waals surface area (Å²) in [4.78, 5) is 13.6. The van der Waals surface area contributed by atoms with Crippen molar-refractivity contribution < 1.29 is 22.8 Å². The highest BCUT2D eigenvalue weighted by Crippen LogP contribution is 2.32. The second-order valence-corrected chi connectivity index (χ2v) is 5.17. The monoisotopic (exact) mass is 350 g/mol. The summed E-state index contributed by atoms with van der Waals surface area (Å²) in [6, 6.07) is 0.823. The minimum atomic E-state index is -4.48. The van der Waals surface area contributed by atoms with Crippen LogP contribution < -0.4 is 5.32 Å². The van der Waals surface area contributed by atoms with Crippen LogP contribution in [0, 0.1) is 0 Å². The third kappa shape index (κ3) is 4.47. The second kappa shape index (κ2) is 7.03. The summed E-state index contributed by atoms with van der Waals surface area (Å²) in [6.07, 6.45) is -3.57. The normalized spacial score (nSPS) is 18.4. The summed E-state index contributed by atoms with van der Waals surface area (Å²) in [6.45, 7) is 2.02. The Bertz CT molecular complexity index is 634. The number of aromatic nitrogens is 1. The molecule has 0 aliphatic carbocycles. The van der Waals surface area contributed by atoms with Crippen molar-refractivity contribution in [2.45, 2.75) is 25.6 Å². The zero-order chi connectivity index (χ0) is 17.0. The number of alkyl halides is 3. The highest BCUT2D eigenvalue weighted by atomic mass is 35.5. The molecular weight excluding hydrogens is 337 g/mol. The van der Waals surface area contributed by atoms with Crippen LogP contribution in [0.1, 0.15) is 18.9 Å². The van der Waals surface area contributed by atoms with E-state index in [2.05, 4.69) is 25.4 Å². The molecule has 6 nitrogen and oxygen atoms in total. The summed E-state index contributed by atoms with van der Waals surface area (Å²) in [5.74, 6) is 0.152. The van der Waals surface area contributed by atoms with Gasteiger partial charge in [0.1, 0.15) is 30.5 Å². The highest BCUT2D eigenvalue weighted by Gasteiger charge is 2.31. The molecule has 1 aliphatic rings. The van der Waals surface area contributed by atoms with Crippen LogP contribution in [0.2, 0.25) is 5.02 Å². The number of anilines is 1. The maximum atomic E-state index is 12.5. The molecule has 0 bridgehead atoms. The first-order chi connectivity index (χ1) is 10.8. The molecule has 0 amide bonds. The third-order valence-electron chi connectivity index (χ3n) is 3.04. The van der Waals surface area contributed by atoms with E-state index in [-0.39, 0.29) is 23.5 Å². The van der Waals surface area contributed by atoms with E-state index in [0.29, 0.717) is 17.8 Å². The number of oxime groups is 2. The van der Waals surface area contributed by atoms with Gasteiger partial charge in [-0.25, -0.2) is 4.98 Å². The molecule has 0 unspecified atom stereocenters. The first kappa shape index (κ1) is 17.3. The Hall–Kier alpha value is -2.03. The minimum Gasteiger partial charge on any atom is -0.399 e. The van der Waals surface area contributed by atoms with Gasteiger partial charge in [0, 0.05) is 12.6 Å². The van der Waals surface area contributed by atoms with E-state index in [1.165, 1.54) is 7.11 Å². The van der Waals surface area contributed by atoms with E-state index in [1.54, 1.807) is 6.92 Å². The Labute approximate surface area is 135 Å². The van der Waals surface area contributed by atoms with E-state index in [9.17, 15) is 13.2 Å². The van der Waals surface area contributed by atoms with Crippen LogP contribution in [0.15, 0.2) is 22.6 Å². The van der Waals surface area contributed by atoms with Crippen LogP contribution >= 0.6 is 11.6 Å². The number of halogens is 4. The number of pyridine rings is 1. The summed E-state index contributed by atoms with van der Waals surface area (Å²) in [5.41, 5.74) is 0.341. The Kier molecular flexibility index (Phi) is 5.30. The maximum absolute atomic E-state index is 12.5. The van der Waals surface area contributed by atoms with Crippen molar-refractivity contribution >= 4 is 28.8 Å². The van der Waals surface area contributed by atoms with E-state index >= 15 is 0 Å². The van der Waals surface area contributed by atoms with Crippen LogP contribution in [-0.4, -0.2) is 36.2 Å². The average molecular weight is 351 g/mol. The predicted octanol–water partition coefficient (Wildman–Crippen LogP) is 3.33. The topological polar surface area (TPSA) is 68.1 Å². The number of nitrogens with one attached hydrogen (secondary N) is 1. The van der Waals surface area contributed by atoms with Crippen molar-refractivity contribution in [3.05, 3.63) is 22.8 Å². The molecule has 10 heteroatoms. The van der Waals surface area contributed by atoms with Gasteiger partial charge in [-0.1, -0.05) is 21.9 Å². The first-order valence-electron chi connectivity index (χ1n) is 6.58. The van der Waals surface area contributed by atoms with Crippen LogP contribution in [0.5, 0.6) is 0 Å².